The highest BCUT2D eigenvalue weighted by atomic mass is 28.3. The number of aromatic nitrogens is 4. The lowest BCUT2D eigenvalue weighted by atomic mass is 9.97. The summed E-state index contributed by atoms with van der Waals surface area (Å²) in [6.45, 7) is -3.08. The van der Waals surface area contributed by atoms with Crippen molar-refractivity contribution >= 4 is 90.5 Å². The summed E-state index contributed by atoms with van der Waals surface area (Å²) in [4.78, 5) is 4.68. The molecule has 0 spiro atoms. The number of hydrogen-bond acceptors (Lipinski definition) is 2. The average molecular weight is 1420 g/mol. The van der Waals surface area contributed by atoms with Crippen molar-refractivity contribution in [2.75, 3.05) is 0 Å². The molecular weight excluding hydrogens is 1290 g/mol. The van der Waals surface area contributed by atoms with Crippen LogP contribution >= 0.6 is 0 Å². The molecule has 0 saturated carbocycles. The molecule has 18 rings (SSSR count). The molecule has 0 amide bonds. The molecule has 0 radical (unpaired) electrons. The van der Waals surface area contributed by atoms with Crippen molar-refractivity contribution in [3.63, 3.8) is 0 Å². The fraction of sp³-hybridized carbons (Fsp3) is 0.0103. The van der Waals surface area contributed by atoms with Gasteiger partial charge >= 0.3 is 0 Å². The van der Waals surface area contributed by atoms with E-state index in [0.29, 0.717) is 28.4 Å². The molecule has 0 N–H and O–H groups in total. The maximum Gasteiger partial charge on any atom is 0.269 e. The van der Waals surface area contributed by atoms with Gasteiger partial charge in [0.25, 0.3) is 6.33 Å². The standard InChI is InChI=1S/C97H70N4OSi2/c1-70-61-96(98-68-90(70)73-37-15-4-16-38-73)101-91-56-30-29-55-87(91)88-59-58-79(67-93(88)101)102-78-41-32-40-77(66-78)99-69-100(92-60-57-74(64-94(92)99)71-33-11-2-12-34-71)97-89(75-39-31-54-86(62-75)103(80-42-17-5-18-43-80,81-44-19-6-20-45-81)82-46-21-7-22-47-82)63-76(72-35-13-3-14-36-72)65-95(97)104(83-48-23-8-24-49-83,84-50-25-9-26-51-84)85-52-27-10-28-53-85/h2-68H,1H3/i1D3,2D,3D,4D,5D,6D,7D,8D,9D,10D,11D,12D,13D,14D,15D,16D,17D,18D,19D,20D,21D,22D,23D,24D,25D,26D,27D,28D,31D,33D,34D,35D,36D,37D,38D,39D,42D,43D,44D,45D,46D,47D,48D,49D,50D,51D,52D,53D,54D,62D. The fourth-order valence-electron chi connectivity index (χ4n) is 13.0. The summed E-state index contributed by atoms with van der Waals surface area (Å²) in [5.41, 5.74) is -9.08. The Morgan fingerprint density at radius 3 is 1.45 bits per heavy atom. The minimum Gasteiger partial charge on any atom is -0.458 e. The van der Waals surface area contributed by atoms with Gasteiger partial charge in [-0.2, -0.15) is 0 Å². The summed E-state index contributed by atoms with van der Waals surface area (Å²) in [5.74, 6) is -0.383. The molecule has 0 atom stereocenters. The third-order valence-electron chi connectivity index (χ3n) is 17.3. The van der Waals surface area contributed by atoms with Crippen molar-refractivity contribution in [2.45, 2.75) is 6.85 Å². The van der Waals surface area contributed by atoms with Crippen molar-refractivity contribution in [1.82, 2.24) is 14.1 Å². The first kappa shape index (κ1) is 28.8. The summed E-state index contributed by atoms with van der Waals surface area (Å²) in [6.07, 6.45) is 4.19. The molecule has 15 aromatic carbocycles. The molecule has 492 valence electrons. The molecule has 0 aliphatic heterocycles. The zero-order valence-corrected chi connectivity index (χ0v) is 55.1. The molecule has 18 aromatic rings. The van der Waals surface area contributed by atoms with Crippen molar-refractivity contribution < 1.29 is 80.6 Å². The largest absolute Gasteiger partial charge is 0.458 e. The van der Waals surface area contributed by atoms with Gasteiger partial charge in [0.1, 0.15) is 17.3 Å². The van der Waals surface area contributed by atoms with Crippen LogP contribution in [-0.2, 0) is 0 Å². The molecule has 104 heavy (non-hydrogen) atoms. The van der Waals surface area contributed by atoms with E-state index in [1.807, 2.05) is 0 Å². The molecule has 7 heteroatoms. The molecule has 0 unspecified atom stereocenters. The Morgan fingerprint density at radius 2 is 0.875 bits per heavy atom. The zero-order valence-electron chi connectivity index (χ0n) is 105. The zero-order chi connectivity index (χ0) is 115. The van der Waals surface area contributed by atoms with E-state index in [4.69, 9.17) is 25.3 Å². The van der Waals surface area contributed by atoms with Crippen LogP contribution in [0.4, 0.5) is 0 Å². The van der Waals surface area contributed by atoms with E-state index in [1.54, 1.807) is 30.3 Å². The van der Waals surface area contributed by atoms with E-state index in [0.717, 1.165) is 39.6 Å². The number of aryl methyl sites for hydroxylation is 1. The van der Waals surface area contributed by atoms with E-state index in [9.17, 15) is 50.7 Å². The van der Waals surface area contributed by atoms with Gasteiger partial charge in [-0.05, 0) is 147 Å². The first-order valence-corrected chi connectivity index (χ1v) is 35.3. The average Bonchev–Trinajstić information content (AvgIpc) is 0.866. The highest BCUT2D eigenvalue weighted by molar-refractivity contribution is 7.21. The Hall–Kier alpha value is -13.0. The first-order valence-electron chi connectivity index (χ1n) is 57.3. The number of imidazole rings is 1. The first-order chi connectivity index (χ1) is 73.0. The lowest BCUT2D eigenvalue weighted by Crippen LogP contribution is -2.76. The number of nitrogens with zero attached hydrogens (tertiary/aromatic N) is 4. The van der Waals surface area contributed by atoms with Gasteiger partial charge in [-0.15, -0.1) is 0 Å². The van der Waals surface area contributed by atoms with Crippen molar-refractivity contribution in [3.05, 3.63) is 417 Å². The Bertz CT molecular complexity index is 8830. The van der Waals surface area contributed by atoms with Crippen molar-refractivity contribution in [1.29, 1.82) is 0 Å². The van der Waals surface area contributed by atoms with Gasteiger partial charge < -0.3 is 4.74 Å². The number of benzene rings is 15. The highest BCUT2D eigenvalue weighted by Gasteiger charge is 2.46. The normalized spacial score (nSPS) is 18.8. The minimum absolute atomic E-state index is 0.0702. The maximum absolute atomic E-state index is 11.7. The summed E-state index contributed by atoms with van der Waals surface area (Å²) in [6, 6.07) is -42.5. The summed E-state index contributed by atoms with van der Waals surface area (Å²) in [7, 11) is -14.5. The molecule has 0 saturated heterocycles. The minimum atomic E-state index is -7.33. The van der Waals surface area contributed by atoms with Crippen LogP contribution in [0.3, 0.4) is 0 Å². The molecule has 3 aromatic heterocycles. The van der Waals surface area contributed by atoms with Crippen LogP contribution in [-0.4, -0.2) is 30.3 Å². The van der Waals surface area contributed by atoms with E-state index in [-0.39, 0.29) is 39.6 Å². The number of rotatable bonds is 17. The lowest BCUT2D eigenvalue weighted by molar-refractivity contribution is -0.570. The van der Waals surface area contributed by atoms with Crippen LogP contribution in [0, 0.1) is 13.2 Å². The molecule has 5 nitrogen and oxygen atoms in total. The number of pyridine rings is 1. The second-order valence-corrected chi connectivity index (χ2v) is 29.9. The fourth-order valence-corrected chi connectivity index (χ4v) is 20.6. The van der Waals surface area contributed by atoms with Crippen LogP contribution in [0.1, 0.15) is 76.8 Å². The monoisotopic (exact) mass is 1410 g/mol. The number of para-hydroxylation sites is 1. The smallest absolute Gasteiger partial charge is 0.269 e. The number of ether oxygens (including phenoxy) is 1. The molecule has 0 bridgehead atoms. The van der Waals surface area contributed by atoms with Gasteiger partial charge in [0.15, 0.2) is 16.1 Å². The van der Waals surface area contributed by atoms with Crippen LogP contribution < -0.4 is 50.8 Å². The number of hydrogen-bond donors (Lipinski definition) is 0. The predicted octanol–water partition coefficient (Wildman–Crippen LogP) is 17.7. The van der Waals surface area contributed by atoms with Gasteiger partial charge in [0.2, 0.25) is 0 Å². The van der Waals surface area contributed by atoms with Crippen molar-refractivity contribution in [3.8, 4) is 73.2 Å². The van der Waals surface area contributed by atoms with Gasteiger partial charge in [-0.3, -0.25) is 13.7 Å². The Morgan fingerprint density at radius 1 is 0.375 bits per heavy atom. The topological polar surface area (TPSA) is 35.9 Å². The highest BCUT2D eigenvalue weighted by Crippen LogP contribution is 2.39. The van der Waals surface area contributed by atoms with E-state index in [1.165, 1.54) is 41.0 Å². The summed E-state index contributed by atoms with van der Waals surface area (Å²) < 4.78 is 513. The third kappa shape index (κ3) is 11.1. The summed E-state index contributed by atoms with van der Waals surface area (Å²) >= 11 is 0. The summed E-state index contributed by atoms with van der Waals surface area (Å²) in [5, 5.41) is -10.4. The van der Waals surface area contributed by atoms with E-state index in [2.05, 4.69) is 11.3 Å². The van der Waals surface area contributed by atoms with Crippen molar-refractivity contribution in [2.24, 2.45) is 0 Å². The lowest BCUT2D eigenvalue weighted by Gasteiger charge is -2.37. The second-order valence-electron chi connectivity index (χ2n) is 22.9. The Kier molecular flexibility index (Phi) is 7.51. The van der Waals surface area contributed by atoms with Crippen LogP contribution in [0.25, 0.3) is 94.5 Å². The van der Waals surface area contributed by atoms with Gasteiger partial charge in [0, 0.05) is 32.7 Å². The quantitative estimate of drug-likeness (QED) is 0.0394. The maximum atomic E-state index is 11.7. The SMILES string of the molecule is [2H]c1c([2H])c([2H])c(-c2cc(-c3c([2H])c([2H])c([2H])c([Si](c4c([2H])c([2H])c([2H])c([2H])c4[2H])(c4c([2H])c([2H])c([2H])c([2H])c4[2H])c4c([2H])c([2H])c([2H])c([2H])c4[2H])c3[2H])c(-[n+]3[c-]n(-c4cccc(Oc5ccc6c7ccccc7n(-c7cc(C([2H])([2H])[2H])c(-c8c([2H])c([2H])c([2H])c([2H])c8[2H])cn7)c6c5)c4)c4cc(-c5c([2H])c([2H])c([2H])c([2H])c5[2H])ccc43)c([Si](c3c([2H])c([2H])c([2H])c([2H])c3[2H])(c3c([2H])c([2H])c([2H])c([2H])c3[2H])c3c([2H])c([2H])c([2H])c([2H])c3[2H])c2)c([2H])c1[2H]. The molecular formula is C97H70N4OSi2. The van der Waals surface area contributed by atoms with Gasteiger partial charge in [-0.25, -0.2) is 4.98 Å². The van der Waals surface area contributed by atoms with Crippen LogP contribution in [0.2, 0.25) is 0 Å². The second kappa shape index (κ2) is 27.1. The van der Waals surface area contributed by atoms with Gasteiger partial charge in [-0.1, -0.05) is 339 Å². The van der Waals surface area contributed by atoms with Crippen LogP contribution in [0.15, 0.2) is 405 Å². The third-order valence-corrected chi connectivity index (χ3v) is 25.5. The molecule has 0 fully saturated rings. The van der Waals surface area contributed by atoms with Crippen LogP contribution in [0.5, 0.6) is 11.5 Å². The Labute approximate surface area is 681 Å². The Balaban J connectivity index is 1.10. The number of fused-ring (bicyclic) bond motifs is 4. The van der Waals surface area contributed by atoms with E-state index >= 15 is 0 Å². The molecule has 0 aliphatic rings. The van der Waals surface area contributed by atoms with Gasteiger partial charge in [0.05, 0.1) is 101 Å². The predicted molar refractivity (Wildman–Crippen MR) is 436 cm³/mol. The van der Waals surface area contributed by atoms with E-state index < -0.39 is 416 Å². The molecule has 3 heterocycles. The molecule has 0 aliphatic carbocycles.